The van der Waals surface area contributed by atoms with Crippen molar-refractivity contribution in [3.63, 3.8) is 0 Å². The van der Waals surface area contributed by atoms with Crippen molar-refractivity contribution in [3.05, 3.63) is 82.5 Å². The van der Waals surface area contributed by atoms with Crippen LogP contribution in [-0.4, -0.2) is 46.4 Å². The van der Waals surface area contributed by atoms with Crippen LogP contribution in [0.3, 0.4) is 0 Å². The minimum atomic E-state index is -1.34. The quantitative estimate of drug-likeness (QED) is 0.478. The number of anilines is 1. The number of hydrogen-bond donors (Lipinski definition) is 2. The van der Waals surface area contributed by atoms with E-state index in [2.05, 4.69) is 15.3 Å². The Bertz CT molecular complexity index is 1300. The van der Waals surface area contributed by atoms with Crippen LogP contribution in [0.5, 0.6) is 6.01 Å². The van der Waals surface area contributed by atoms with Gasteiger partial charge in [0.2, 0.25) is 12.8 Å². The average Bonchev–Trinajstić information content (AvgIpc) is 3.30. The summed E-state index contributed by atoms with van der Waals surface area (Å²) in [6.45, 7) is 2.14. The van der Waals surface area contributed by atoms with E-state index in [-0.39, 0.29) is 23.3 Å². The van der Waals surface area contributed by atoms with Crippen LogP contribution in [0.15, 0.2) is 65.9 Å². The number of ether oxygens (including phenoxy) is 1. The Kier molecular flexibility index (Phi) is 7.16. The highest BCUT2D eigenvalue weighted by Crippen LogP contribution is 2.33. The SMILES string of the molecule is CC(C)(NC(=O)c1cnc(OCF)nc1N1CC(c2ccccc2)C(c2ccc(Cl)cc2)=N1)C(N)=O. The third-order valence-electron chi connectivity index (χ3n) is 5.72. The van der Waals surface area contributed by atoms with E-state index in [9.17, 15) is 14.0 Å². The maximum absolute atomic E-state index is 13.1. The standard InChI is InChI=1S/C25H24ClFN6O3/c1-25(2,23(28)35)31-22(34)18-12-29-24(36-14-27)30-21(18)33-13-19(15-6-4-3-5-7-15)20(32-33)16-8-10-17(26)11-9-16/h3-12,19H,13-14H2,1-2H3,(H2,28,35)(H,31,34). The maximum atomic E-state index is 13.1. The number of alkyl halides is 1. The second-order valence-electron chi connectivity index (χ2n) is 8.62. The molecule has 0 aliphatic carbocycles. The topological polar surface area (TPSA) is 123 Å². The van der Waals surface area contributed by atoms with Crippen LogP contribution in [0.4, 0.5) is 10.2 Å². The van der Waals surface area contributed by atoms with E-state index in [4.69, 9.17) is 27.2 Å². The van der Waals surface area contributed by atoms with Crippen molar-refractivity contribution in [2.75, 3.05) is 18.4 Å². The zero-order valence-electron chi connectivity index (χ0n) is 19.6. The van der Waals surface area contributed by atoms with Crippen LogP contribution in [0.1, 0.15) is 41.3 Å². The fourth-order valence-electron chi connectivity index (χ4n) is 3.71. The molecule has 3 N–H and O–H groups in total. The van der Waals surface area contributed by atoms with Gasteiger partial charge in [-0.05, 0) is 37.1 Å². The Balaban J connectivity index is 1.79. The molecular formula is C25H24ClFN6O3. The fourth-order valence-corrected chi connectivity index (χ4v) is 3.83. The number of benzene rings is 2. The molecule has 9 nitrogen and oxygen atoms in total. The molecule has 2 heterocycles. The second-order valence-corrected chi connectivity index (χ2v) is 9.06. The van der Waals surface area contributed by atoms with E-state index < -0.39 is 24.2 Å². The molecule has 11 heteroatoms. The molecule has 0 saturated carbocycles. The van der Waals surface area contributed by atoms with Crippen LogP contribution >= 0.6 is 11.6 Å². The van der Waals surface area contributed by atoms with Crippen LogP contribution in [0, 0.1) is 0 Å². The first-order valence-electron chi connectivity index (χ1n) is 11.0. The highest BCUT2D eigenvalue weighted by atomic mass is 35.5. The zero-order chi connectivity index (χ0) is 25.9. The summed E-state index contributed by atoms with van der Waals surface area (Å²) in [6.07, 6.45) is 1.20. The van der Waals surface area contributed by atoms with Crippen molar-refractivity contribution in [3.8, 4) is 6.01 Å². The summed E-state index contributed by atoms with van der Waals surface area (Å²) in [4.78, 5) is 33.1. The number of hydrazone groups is 1. The van der Waals surface area contributed by atoms with Crippen molar-refractivity contribution in [1.82, 2.24) is 15.3 Å². The predicted octanol–water partition coefficient (Wildman–Crippen LogP) is 3.44. The first-order chi connectivity index (χ1) is 17.2. The van der Waals surface area contributed by atoms with Gasteiger partial charge in [-0.3, -0.25) is 9.59 Å². The molecule has 2 amide bonds. The predicted molar refractivity (Wildman–Crippen MR) is 134 cm³/mol. The minimum Gasteiger partial charge on any atom is -0.431 e. The molecule has 0 fully saturated rings. The lowest BCUT2D eigenvalue weighted by molar-refractivity contribution is -0.122. The van der Waals surface area contributed by atoms with Gasteiger partial charge < -0.3 is 15.8 Å². The minimum absolute atomic E-state index is 0.0171. The molecule has 0 saturated heterocycles. The number of nitrogens with two attached hydrogens (primary N) is 1. The Hall–Kier alpha value is -4.05. The number of nitrogens with one attached hydrogen (secondary N) is 1. The van der Waals surface area contributed by atoms with E-state index >= 15 is 0 Å². The normalized spacial score (nSPS) is 15.4. The molecule has 186 valence electrons. The van der Waals surface area contributed by atoms with Gasteiger partial charge in [-0.25, -0.2) is 14.4 Å². The molecule has 1 unspecified atom stereocenters. The van der Waals surface area contributed by atoms with Crippen molar-refractivity contribution >= 4 is 34.9 Å². The number of primary amides is 1. The lowest BCUT2D eigenvalue weighted by atomic mass is 9.90. The van der Waals surface area contributed by atoms with E-state index in [0.717, 1.165) is 16.8 Å². The molecule has 2 aromatic carbocycles. The molecule has 0 bridgehead atoms. The zero-order valence-corrected chi connectivity index (χ0v) is 20.4. The molecule has 0 radical (unpaired) electrons. The summed E-state index contributed by atoms with van der Waals surface area (Å²) in [7, 11) is 0. The van der Waals surface area contributed by atoms with Gasteiger partial charge in [0, 0.05) is 17.1 Å². The van der Waals surface area contributed by atoms with E-state index in [0.29, 0.717) is 11.6 Å². The summed E-state index contributed by atoms with van der Waals surface area (Å²) in [5.74, 6) is -1.45. The largest absolute Gasteiger partial charge is 0.431 e. The van der Waals surface area contributed by atoms with Gasteiger partial charge in [0.05, 0.1) is 12.3 Å². The Labute approximate surface area is 212 Å². The highest BCUT2D eigenvalue weighted by molar-refractivity contribution is 6.30. The van der Waals surface area contributed by atoms with Gasteiger partial charge in [-0.15, -0.1) is 0 Å². The molecule has 4 rings (SSSR count). The summed E-state index contributed by atoms with van der Waals surface area (Å²) in [6, 6.07) is 16.8. The molecular weight excluding hydrogens is 487 g/mol. The number of nitrogens with zero attached hydrogens (tertiary/aromatic N) is 4. The summed E-state index contributed by atoms with van der Waals surface area (Å²) in [5, 5.41) is 9.50. The summed E-state index contributed by atoms with van der Waals surface area (Å²) in [5.41, 5.74) is 6.66. The van der Waals surface area contributed by atoms with Gasteiger partial charge >= 0.3 is 6.01 Å². The summed E-state index contributed by atoms with van der Waals surface area (Å²) < 4.78 is 17.7. The van der Waals surface area contributed by atoms with Crippen molar-refractivity contribution in [1.29, 1.82) is 0 Å². The van der Waals surface area contributed by atoms with Gasteiger partial charge in [0.1, 0.15) is 11.1 Å². The number of amides is 2. The van der Waals surface area contributed by atoms with Gasteiger partial charge in [0.15, 0.2) is 5.82 Å². The molecule has 3 aromatic rings. The number of rotatable bonds is 8. The van der Waals surface area contributed by atoms with Crippen molar-refractivity contribution in [2.24, 2.45) is 10.8 Å². The third kappa shape index (κ3) is 5.28. The molecule has 1 aliphatic heterocycles. The molecule has 0 spiro atoms. The van der Waals surface area contributed by atoms with Crippen LogP contribution < -0.4 is 20.8 Å². The number of halogens is 2. The van der Waals surface area contributed by atoms with Gasteiger partial charge in [-0.2, -0.15) is 10.1 Å². The van der Waals surface area contributed by atoms with Crippen molar-refractivity contribution < 1.29 is 18.7 Å². The first-order valence-corrected chi connectivity index (χ1v) is 11.4. The Morgan fingerprint density at radius 2 is 1.89 bits per heavy atom. The molecule has 36 heavy (non-hydrogen) atoms. The maximum Gasteiger partial charge on any atom is 0.320 e. The Morgan fingerprint density at radius 3 is 2.53 bits per heavy atom. The monoisotopic (exact) mass is 510 g/mol. The lowest BCUT2D eigenvalue weighted by Crippen LogP contribution is -2.53. The fraction of sp³-hybridized carbons (Fsp3) is 0.240. The third-order valence-corrected chi connectivity index (χ3v) is 5.97. The number of carbonyl (C=O) groups excluding carboxylic acids is 2. The number of hydrogen-bond acceptors (Lipinski definition) is 7. The first kappa shape index (κ1) is 25.1. The summed E-state index contributed by atoms with van der Waals surface area (Å²) >= 11 is 6.08. The number of carbonyl (C=O) groups is 2. The van der Waals surface area contributed by atoms with Gasteiger partial charge in [0.25, 0.3) is 5.91 Å². The Morgan fingerprint density at radius 1 is 1.19 bits per heavy atom. The van der Waals surface area contributed by atoms with Crippen LogP contribution in [-0.2, 0) is 4.79 Å². The van der Waals surface area contributed by atoms with E-state index in [1.54, 1.807) is 17.1 Å². The average molecular weight is 511 g/mol. The lowest BCUT2D eigenvalue weighted by Gasteiger charge is -2.24. The highest BCUT2D eigenvalue weighted by Gasteiger charge is 2.34. The van der Waals surface area contributed by atoms with E-state index in [1.165, 1.54) is 20.0 Å². The molecule has 1 atom stereocenters. The van der Waals surface area contributed by atoms with Crippen LogP contribution in [0.2, 0.25) is 5.02 Å². The number of aromatic nitrogens is 2. The van der Waals surface area contributed by atoms with Gasteiger partial charge in [-0.1, -0.05) is 54.1 Å². The molecule has 1 aliphatic rings. The van der Waals surface area contributed by atoms with Crippen LogP contribution in [0.25, 0.3) is 0 Å². The van der Waals surface area contributed by atoms with E-state index in [1.807, 2.05) is 42.5 Å². The second kappa shape index (κ2) is 10.3. The van der Waals surface area contributed by atoms with Crippen molar-refractivity contribution in [2.45, 2.75) is 25.3 Å². The molecule has 1 aromatic heterocycles. The smallest absolute Gasteiger partial charge is 0.320 e.